The van der Waals surface area contributed by atoms with Gasteiger partial charge in [-0.25, -0.2) is 14.4 Å². The smallest absolute Gasteiger partial charge is 0.133 e. The van der Waals surface area contributed by atoms with Gasteiger partial charge in [0.15, 0.2) is 0 Å². The molecule has 22 heavy (non-hydrogen) atoms. The molecule has 1 aliphatic heterocycles. The van der Waals surface area contributed by atoms with Crippen LogP contribution in [0.15, 0.2) is 24.3 Å². The Morgan fingerprint density at radius 2 is 1.64 bits per heavy atom. The van der Waals surface area contributed by atoms with E-state index in [9.17, 15) is 4.39 Å². The molecule has 0 atom stereocenters. The fourth-order valence-electron chi connectivity index (χ4n) is 3.36. The lowest BCUT2D eigenvalue weighted by atomic mass is 9.88. The van der Waals surface area contributed by atoms with E-state index in [1.54, 1.807) is 12.1 Å². The molecule has 1 aliphatic rings. The molecule has 3 rings (SSSR count). The molecule has 0 unspecified atom stereocenters. The number of hydrogen-bond acceptors (Lipinski definition) is 3. The van der Waals surface area contributed by atoms with Gasteiger partial charge in [0.25, 0.3) is 0 Å². The van der Waals surface area contributed by atoms with Gasteiger partial charge in [-0.2, -0.15) is 0 Å². The van der Waals surface area contributed by atoms with Crippen LogP contribution in [-0.4, -0.2) is 23.1 Å². The molecule has 2 heterocycles. The molecule has 1 fully saturated rings. The van der Waals surface area contributed by atoms with Gasteiger partial charge in [-0.1, -0.05) is 12.1 Å². The van der Waals surface area contributed by atoms with Gasteiger partial charge in [-0.3, -0.25) is 0 Å². The third-order valence-corrected chi connectivity index (χ3v) is 4.40. The van der Waals surface area contributed by atoms with Crippen LogP contribution >= 0.6 is 0 Å². The molecule has 0 spiro atoms. The van der Waals surface area contributed by atoms with E-state index in [4.69, 9.17) is 9.97 Å². The van der Waals surface area contributed by atoms with Gasteiger partial charge >= 0.3 is 0 Å². The molecule has 1 aromatic heterocycles. The molecular formula is C18H22FN3. The second-order valence-corrected chi connectivity index (χ2v) is 6.05. The first-order valence-electron chi connectivity index (χ1n) is 7.92. The normalized spacial score (nSPS) is 16.0. The fraction of sp³-hybridized carbons (Fsp3) is 0.444. The van der Waals surface area contributed by atoms with Crippen molar-refractivity contribution in [2.75, 3.05) is 13.1 Å². The SMILES string of the molecule is Cc1nc(Cc2ccc(F)cc2)nc(C)c1C1CCNCC1. The second-order valence-electron chi connectivity index (χ2n) is 6.05. The van der Waals surface area contributed by atoms with Crippen molar-refractivity contribution in [3.8, 4) is 0 Å². The van der Waals surface area contributed by atoms with Gasteiger partial charge in [0.2, 0.25) is 0 Å². The van der Waals surface area contributed by atoms with Gasteiger partial charge < -0.3 is 5.32 Å². The Morgan fingerprint density at radius 1 is 1.05 bits per heavy atom. The van der Waals surface area contributed by atoms with Crippen molar-refractivity contribution in [1.29, 1.82) is 0 Å². The van der Waals surface area contributed by atoms with Crippen LogP contribution in [0.5, 0.6) is 0 Å². The minimum absolute atomic E-state index is 0.210. The van der Waals surface area contributed by atoms with Crippen LogP contribution in [0.2, 0.25) is 0 Å². The summed E-state index contributed by atoms with van der Waals surface area (Å²) in [6.07, 6.45) is 2.96. The Morgan fingerprint density at radius 3 is 2.23 bits per heavy atom. The largest absolute Gasteiger partial charge is 0.317 e. The van der Waals surface area contributed by atoms with E-state index in [1.807, 2.05) is 0 Å². The van der Waals surface area contributed by atoms with E-state index in [0.717, 1.165) is 48.7 Å². The Kier molecular flexibility index (Phi) is 4.48. The van der Waals surface area contributed by atoms with E-state index in [2.05, 4.69) is 19.2 Å². The first-order chi connectivity index (χ1) is 10.6. The number of hydrogen-bond donors (Lipinski definition) is 1. The highest BCUT2D eigenvalue weighted by atomic mass is 19.1. The summed E-state index contributed by atoms with van der Waals surface area (Å²) in [4.78, 5) is 9.40. The first-order valence-corrected chi connectivity index (χ1v) is 7.92. The molecule has 1 aromatic carbocycles. The van der Waals surface area contributed by atoms with Crippen LogP contribution in [0.25, 0.3) is 0 Å². The summed E-state index contributed by atoms with van der Waals surface area (Å²) < 4.78 is 13.0. The Balaban J connectivity index is 1.83. The molecule has 1 saturated heterocycles. The van der Waals surface area contributed by atoms with Crippen molar-refractivity contribution in [2.24, 2.45) is 0 Å². The van der Waals surface area contributed by atoms with Crippen LogP contribution in [0, 0.1) is 19.7 Å². The summed E-state index contributed by atoms with van der Waals surface area (Å²) in [6, 6.07) is 6.56. The Labute approximate surface area is 131 Å². The number of aryl methyl sites for hydroxylation is 2. The van der Waals surface area contributed by atoms with Crippen LogP contribution < -0.4 is 5.32 Å². The third kappa shape index (κ3) is 3.33. The summed E-state index contributed by atoms with van der Waals surface area (Å²) in [6.45, 7) is 6.31. The molecule has 4 heteroatoms. The van der Waals surface area contributed by atoms with Crippen LogP contribution in [0.3, 0.4) is 0 Å². The lowest BCUT2D eigenvalue weighted by molar-refractivity contribution is 0.455. The Hall–Kier alpha value is -1.81. The van der Waals surface area contributed by atoms with E-state index in [0.29, 0.717) is 12.3 Å². The van der Waals surface area contributed by atoms with Crippen molar-refractivity contribution >= 4 is 0 Å². The van der Waals surface area contributed by atoms with Crippen LogP contribution in [-0.2, 0) is 6.42 Å². The lowest BCUT2D eigenvalue weighted by Crippen LogP contribution is -2.27. The number of nitrogens with zero attached hydrogens (tertiary/aromatic N) is 2. The highest BCUT2D eigenvalue weighted by Crippen LogP contribution is 2.29. The van der Waals surface area contributed by atoms with E-state index in [1.165, 1.54) is 17.7 Å². The maximum Gasteiger partial charge on any atom is 0.133 e. The van der Waals surface area contributed by atoms with E-state index in [-0.39, 0.29) is 5.82 Å². The quantitative estimate of drug-likeness (QED) is 0.945. The fourth-order valence-corrected chi connectivity index (χ4v) is 3.36. The predicted octanol–water partition coefficient (Wildman–Crippen LogP) is 3.29. The number of benzene rings is 1. The third-order valence-electron chi connectivity index (χ3n) is 4.40. The van der Waals surface area contributed by atoms with Crippen molar-refractivity contribution in [3.05, 3.63) is 58.4 Å². The van der Waals surface area contributed by atoms with E-state index >= 15 is 0 Å². The lowest BCUT2D eigenvalue weighted by Gasteiger charge is -2.25. The van der Waals surface area contributed by atoms with Gasteiger partial charge in [0.05, 0.1) is 0 Å². The Bertz CT molecular complexity index is 623. The number of piperidine rings is 1. The topological polar surface area (TPSA) is 37.8 Å². The standard InChI is InChI=1S/C18H22FN3/c1-12-18(15-7-9-20-10-8-15)13(2)22-17(21-12)11-14-3-5-16(19)6-4-14/h3-6,15,20H,7-11H2,1-2H3. The van der Waals surface area contributed by atoms with Crippen LogP contribution in [0.1, 0.15) is 47.1 Å². The summed E-state index contributed by atoms with van der Waals surface area (Å²) >= 11 is 0. The molecule has 3 nitrogen and oxygen atoms in total. The zero-order chi connectivity index (χ0) is 15.5. The summed E-state index contributed by atoms with van der Waals surface area (Å²) in [7, 11) is 0. The number of halogens is 1. The van der Waals surface area contributed by atoms with Crippen molar-refractivity contribution < 1.29 is 4.39 Å². The van der Waals surface area contributed by atoms with Gasteiger partial charge in [-0.15, -0.1) is 0 Å². The summed E-state index contributed by atoms with van der Waals surface area (Å²) in [5.74, 6) is 1.18. The molecule has 116 valence electrons. The summed E-state index contributed by atoms with van der Waals surface area (Å²) in [5.41, 5.74) is 4.55. The maximum absolute atomic E-state index is 13.0. The van der Waals surface area contributed by atoms with Gasteiger partial charge in [0.1, 0.15) is 11.6 Å². The average Bonchev–Trinajstić information content (AvgIpc) is 2.50. The highest BCUT2D eigenvalue weighted by molar-refractivity contribution is 5.30. The molecule has 0 amide bonds. The van der Waals surface area contributed by atoms with Crippen molar-refractivity contribution in [1.82, 2.24) is 15.3 Å². The minimum atomic E-state index is -0.210. The highest BCUT2D eigenvalue weighted by Gasteiger charge is 2.21. The predicted molar refractivity (Wildman–Crippen MR) is 85.6 cm³/mol. The average molecular weight is 299 g/mol. The zero-order valence-corrected chi connectivity index (χ0v) is 13.2. The van der Waals surface area contributed by atoms with Crippen molar-refractivity contribution in [2.45, 2.75) is 39.0 Å². The number of nitrogens with one attached hydrogen (secondary N) is 1. The maximum atomic E-state index is 13.0. The monoisotopic (exact) mass is 299 g/mol. The molecule has 0 aliphatic carbocycles. The number of aromatic nitrogens is 2. The zero-order valence-electron chi connectivity index (χ0n) is 13.2. The van der Waals surface area contributed by atoms with Gasteiger partial charge in [0, 0.05) is 17.8 Å². The van der Waals surface area contributed by atoms with Crippen LogP contribution in [0.4, 0.5) is 4.39 Å². The molecular weight excluding hydrogens is 277 g/mol. The number of rotatable bonds is 3. The molecule has 0 saturated carbocycles. The van der Waals surface area contributed by atoms with Gasteiger partial charge in [-0.05, 0) is 69.0 Å². The molecule has 0 radical (unpaired) electrons. The summed E-state index contributed by atoms with van der Waals surface area (Å²) in [5, 5.41) is 3.40. The molecule has 2 aromatic rings. The molecule has 1 N–H and O–H groups in total. The second kappa shape index (κ2) is 6.53. The minimum Gasteiger partial charge on any atom is -0.317 e. The molecule has 0 bridgehead atoms. The van der Waals surface area contributed by atoms with Crippen molar-refractivity contribution in [3.63, 3.8) is 0 Å². The first kappa shape index (κ1) is 15.1. The van der Waals surface area contributed by atoms with E-state index < -0.39 is 0 Å².